The van der Waals surface area contributed by atoms with E-state index in [2.05, 4.69) is 4.90 Å². The zero-order chi connectivity index (χ0) is 14.7. The third-order valence-electron chi connectivity index (χ3n) is 3.71. The van der Waals surface area contributed by atoms with Gasteiger partial charge in [0.2, 0.25) is 5.91 Å². The average molecular weight is 297 g/mol. The molecule has 4 N–H and O–H groups in total. The van der Waals surface area contributed by atoms with Crippen molar-refractivity contribution < 1.29 is 4.79 Å². The molecule has 1 aliphatic heterocycles. The van der Waals surface area contributed by atoms with E-state index in [1.54, 1.807) is 6.07 Å². The number of nitrogen functional groups attached to an aromatic ring is 1. The van der Waals surface area contributed by atoms with Gasteiger partial charge in [0.25, 0.3) is 0 Å². The Kier molecular flexibility index (Phi) is 4.73. The van der Waals surface area contributed by atoms with Crippen LogP contribution in [0.1, 0.15) is 18.9 Å². The molecule has 1 heterocycles. The highest BCUT2D eigenvalue weighted by atomic mass is 35.5. The highest BCUT2D eigenvalue weighted by Gasteiger charge is 2.22. The quantitative estimate of drug-likeness (QED) is 0.828. The number of anilines is 2. The summed E-state index contributed by atoms with van der Waals surface area (Å²) in [5.74, 6) is 0.203. The van der Waals surface area contributed by atoms with Gasteiger partial charge in [-0.15, -0.1) is 0 Å². The Hall–Kier alpha value is -1.46. The van der Waals surface area contributed by atoms with Gasteiger partial charge in [-0.2, -0.15) is 0 Å². The first-order valence-corrected chi connectivity index (χ1v) is 7.25. The van der Waals surface area contributed by atoms with Gasteiger partial charge in [-0.25, -0.2) is 0 Å². The molecule has 0 bridgehead atoms. The van der Waals surface area contributed by atoms with E-state index in [0.29, 0.717) is 23.7 Å². The van der Waals surface area contributed by atoms with Crippen molar-refractivity contribution in [2.45, 2.75) is 19.9 Å². The van der Waals surface area contributed by atoms with E-state index in [-0.39, 0.29) is 5.91 Å². The van der Waals surface area contributed by atoms with Crippen LogP contribution in [-0.2, 0) is 11.3 Å². The Morgan fingerprint density at radius 3 is 2.50 bits per heavy atom. The predicted molar refractivity (Wildman–Crippen MR) is 82.8 cm³/mol. The molecule has 1 aromatic carbocycles. The number of nitrogens with two attached hydrogens (primary N) is 2. The van der Waals surface area contributed by atoms with E-state index in [4.69, 9.17) is 23.1 Å². The van der Waals surface area contributed by atoms with Gasteiger partial charge in [0, 0.05) is 61.1 Å². The monoisotopic (exact) mass is 296 g/mol. The zero-order valence-electron chi connectivity index (χ0n) is 11.7. The number of carbonyl (C=O) groups excluding carboxylic acids is 1. The van der Waals surface area contributed by atoms with Crippen molar-refractivity contribution in [3.63, 3.8) is 0 Å². The number of rotatable bonds is 3. The van der Waals surface area contributed by atoms with Crippen molar-refractivity contribution in [2.24, 2.45) is 5.73 Å². The van der Waals surface area contributed by atoms with E-state index < -0.39 is 0 Å². The van der Waals surface area contributed by atoms with Crippen molar-refractivity contribution in [2.75, 3.05) is 36.8 Å². The van der Waals surface area contributed by atoms with Crippen LogP contribution in [0.4, 0.5) is 11.4 Å². The molecule has 1 fully saturated rings. The minimum atomic E-state index is 0.203. The molecule has 0 unspecified atom stereocenters. The van der Waals surface area contributed by atoms with Gasteiger partial charge in [0.05, 0.1) is 0 Å². The summed E-state index contributed by atoms with van der Waals surface area (Å²) >= 11 is 6.09. The molecule has 5 nitrogen and oxygen atoms in total. The first kappa shape index (κ1) is 14.9. The molecule has 0 saturated carbocycles. The molecule has 0 radical (unpaired) electrons. The van der Waals surface area contributed by atoms with Gasteiger partial charge in [-0.1, -0.05) is 18.5 Å². The molecule has 1 aromatic rings. The average Bonchev–Trinajstić information content (AvgIpc) is 2.46. The van der Waals surface area contributed by atoms with Crippen LogP contribution in [0, 0.1) is 0 Å². The third kappa shape index (κ3) is 2.99. The van der Waals surface area contributed by atoms with Crippen molar-refractivity contribution in [3.05, 3.63) is 22.7 Å². The molecule has 1 amide bonds. The number of halogens is 1. The summed E-state index contributed by atoms with van der Waals surface area (Å²) in [6.45, 7) is 5.27. The van der Waals surface area contributed by atoms with Gasteiger partial charge in [-0.05, 0) is 12.1 Å². The molecule has 0 spiro atoms. The summed E-state index contributed by atoms with van der Waals surface area (Å²) in [4.78, 5) is 15.8. The van der Waals surface area contributed by atoms with Crippen LogP contribution in [0.3, 0.4) is 0 Å². The maximum Gasteiger partial charge on any atom is 0.222 e. The molecule has 1 saturated heterocycles. The molecular weight excluding hydrogens is 276 g/mol. The van der Waals surface area contributed by atoms with Crippen molar-refractivity contribution in [1.29, 1.82) is 0 Å². The van der Waals surface area contributed by atoms with Crippen LogP contribution in [-0.4, -0.2) is 37.0 Å². The second-order valence-corrected chi connectivity index (χ2v) is 5.35. The van der Waals surface area contributed by atoms with Gasteiger partial charge >= 0.3 is 0 Å². The molecular formula is C14H21ClN4O. The minimum Gasteiger partial charge on any atom is -0.398 e. The van der Waals surface area contributed by atoms with Crippen LogP contribution in [0.5, 0.6) is 0 Å². The highest BCUT2D eigenvalue weighted by molar-refractivity contribution is 6.31. The fourth-order valence-electron chi connectivity index (χ4n) is 2.57. The molecule has 0 aliphatic carbocycles. The Morgan fingerprint density at radius 2 is 1.95 bits per heavy atom. The molecule has 110 valence electrons. The lowest BCUT2D eigenvalue weighted by Gasteiger charge is -2.37. The summed E-state index contributed by atoms with van der Waals surface area (Å²) in [7, 11) is 0. The predicted octanol–water partition coefficient (Wildman–Crippen LogP) is 1.44. The van der Waals surface area contributed by atoms with E-state index in [1.165, 1.54) is 0 Å². The second kappa shape index (κ2) is 6.33. The van der Waals surface area contributed by atoms with E-state index in [1.807, 2.05) is 17.9 Å². The third-order valence-corrected chi connectivity index (χ3v) is 3.92. The van der Waals surface area contributed by atoms with Crippen LogP contribution in [0.25, 0.3) is 0 Å². The molecule has 20 heavy (non-hydrogen) atoms. The maximum absolute atomic E-state index is 11.7. The van der Waals surface area contributed by atoms with E-state index in [0.717, 1.165) is 37.4 Å². The number of piperazine rings is 1. The number of hydrogen-bond acceptors (Lipinski definition) is 4. The number of carbonyl (C=O) groups is 1. The van der Waals surface area contributed by atoms with Gasteiger partial charge < -0.3 is 21.3 Å². The lowest BCUT2D eigenvalue weighted by atomic mass is 10.1. The number of nitrogens with zero attached hydrogens (tertiary/aromatic N) is 2. The largest absolute Gasteiger partial charge is 0.398 e. The summed E-state index contributed by atoms with van der Waals surface area (Å²) < 4.78 is 0. The standard InChI is InChI=1S/C14H21ClN4O/c1-2-14(20)19-5-3-18(4-6-19)13-8-10(15)7-12(17)11(13)9-16/h7-8H,2-6,9,16-17H2,1H3. The summed E-state index contributed by atoms with van der Waals surface area (Å²) in [5.41, 5.74) is 14.3. The Labute approximate surface area is 124 Å². The van der Waals surface area contributed by atoms with Crippen molar-refractivity contribution in [3.8, 4) is 0 Å². The van der Waals surface area contributed by atoms with Gasteiger partial charge in [0.15, 0.2) is 0 Å². The topological polar surface area (TPSA) is 75.6 Å². The Morgan fingerprint density at radius 1 is 1.30 bits per heavy atom. The number of amides is 1. The molecule has 2 rings (SSSR count). The molecule has 0 aromatic heterocycles. The lowest BCUT2D eigenvalue weighted by molar-refractivity contribution is -0.131. The van der Waals surface area contributed by atoms with Crippen molar-refractivity contribution >= 4 is 28.9 Å². The van der Waals surface area contributed by atoms with Crippen molar-refractivity contribution in [1.82, 2.24) is 4.90 Å². The first-order valence-electron chi connectivity index (χ1n) is 6.87. The fraction of sp³-hybridized carbons (Fsp3) is 0.500. The Bertz CT molecular complexity index is 498. The zero-order valence-corrected chi connectivity index (χ0v) is 12.5. The molecule has 1 aliphatic rings. The minimum absolute atomic E-state index is 0.203. The molecule has 6 heteroatoms. The highest BCUT2D eigenvalue weighted by Crippen LogP contribution is 2.30. The van der Waals surface area contributed by atoms with Crippen LogP contribution in [0.2, 0.25) is 5.02 Å². The smallest absolute Gasteiger partial charge is 0.222 e. The summed E-state index contributed by atoms with van der Waals surface area (Å²) in [6, 6.07) is 3.63. The second-order valence-electron chi connectivity index (χ2n) is 4.92. The first-order chi connectivity index (χ1) is 9.56. The van der Waals surface area contributed by atoms with Crippen LogP contribution < -0.4 is 16.4 Å². The Balaban J connectivity index is 2.16. The SMILES string of the molecule is CCC(=O)N1CCN(c2cc(Cl)cc(N)c2CN)CC1. The number of hydrogen-bond donors (Lipinski definition) is 2. The van der Waals surface area contributed by atoms with E-state index in [9.17, 15) is 4.79 Å². The van der Waals surface area contributed by atoms with E-state index >= 15 is 0 Å². The lowest BCUT2D eigenvalue weighted by Crippen LogP contribution is -2.49. The normalized spacial score (nSPS) is 15.6. The summed E-state index contributed by atoms with van der Waals surface area (Å²) in [6.07, 6.45) is 0.554. The van der Waals surface area contributed by atoms with Gasteiger partial charge in [0.1, 0.15) is 0 Å². The summed E-state index contributed by atoms with van der Waals surface area (Å²) in [5, 5.41) is 0.613. The van der Waals surface area contributed by atoms with Gasteiger partial charge in [-0.3, -0.25) is 4.79 Å². The van der Waals surface area contributed by atoms with Crippen LogP contribution >= 0.6 is 11.6 Å². The number of benzene rings is 1. The molecule has 0 atom stereocenters. The fourth-order valence-corrected chi connectivity index (χ4v) is 2.79. The maximum atomic E-state index is 11.7. The van der Waals surface area contributed by atoms with Crippen LogP contribution in [0.15, 0.2) is 12.1 Å².